The molecule has 0 aliphatic carbocycles. The van der Waals surface area contributed by atoms with Gasteiger partial charge < -0.3 is 15.0 Å². The Morgan fingerprint density at radius 2 is 1.96 bits per heavy atom. The van der Waals surface area contributed by atoms with Crippen molar-refractivity contribution in [3.8, 4) is 5.75 Å². The van der Waals surface area contributed by atoms with E-state index in [-0.39, 0.29) is 11.5 Å². The lowest BCUT2D eigenvalue weighted by Crippen LogP contribution is -2.37. The van der Waals surface area contributed by atoms with Gasteiger partial charge in [0.15, 0.2) is 0 Å². The fourth-order valence-electron chi connectivity index (χ4n) is 3.24. The molecule has 138 valence electrons. The minimum absolute atomic E-state index is 0.174. The van der Waals surface area contributed by atoms with Gasteiger partial charge in [0.25, 0.3) is 11.5 Å². The number of rotatable bonds is 5. The van der Waals surface area contributed by atoms with E-state index < -0.39 is 0 Å². The molecule has 1 amide bonds. The van der Waals surface area contributed by atoms with Gasteiger partial charge in [-0.25, -0.2) is 4.68 Å². The highest BCUT2D eigenvalue weighted by molar-refractivity contribution is 6.07. The smallest absolute Gasteiger partial charge is 0.292 e. The summed E-state index contributed by atoms with van der Waals surface area (Å²) in [4.78, 5) is 27.6. The standard InChI is InChI=1S/C19H24N4O3/c1-3-23-19(25)17(22-11-7-4-8-12-22)15(13-20-23)21-18(24)14-9-5-6-10-16(14)26-2/h5-6,9-10,13H,3-4,7-8,11-12H2,1-2H3,(H,21,24). The maximum absolute atomic E-state index is 12.8. The number of benzene rings is 1. The Balaban J connectivity index is 1.97. The monoisotopic (exact) mass is 356 g/mol. The molecule has 0 atom stereocenters. The molecular weight excluding hydrogens is 332 g/mol. The molecule has 0 bridgehead atoms. The number of hydrogen-bond donors (Lipinski definition) is 1. The molecule has 7 heteroatoms. The Hall–Kier alpha value is -2.83. The fourth-order valence-corrected chi connectivity index (χ4v) is 3.24. The SMILES string of the molecule is CCn1ncc(NC(=O)c2ccccc2OC)c(N2CCCCC2)c1=O. The number of nitrogens with one attached hydrogen (secondary N) is 1. The Kier molecular flexibility index (Phi) is 5.55. The summed E-state index contributed by atoms with van der Waals surface area (Å²) in [5, 5.41) is 7.03. The maximum atomic E-state index is 12.8. The number of para-hydroxylation sites is 1. The zero-order chi connectivity index (χ0) is 18.5. The number of ether oxygens (including phenoxy) is 1. The van der Waals surface area contributed by atoms with E-state index >= 15 is 0 Å². The lowest BCUT2D eigenvalue weighted by Gasteiger charge is -2.30. The highest BCUT2D eigenvalue weighted by Gasteiger charge is 2.22. The minimum Gasteiger partial charge on any atom is -0.496 e. The molecule has 1 fully saturated rings. The van der Waals surface area contributed by atoms with Crippen LogP contribution in [-0.2, 0) is 6.54 Å². The largest absolute Gasteiger partial charge is 0.496 e. The van der Waals surface area contributed by atoms with Crippen molar-refractivity contribution in [1.82, 2.24) is 9.78 Å². The van der Waals surface area contributed by atoms with Crippen LogP contribution in [0.2, 0.25) is 0 Å². The molecule has 0 radical (unpaired) electrons. The molecule has 1 aliphatic rings. The summed E-state index contributed by atoms with van der Waals surface area (Å²) in [5.41, 5.74) is 1.20. The molecule has 7 nitrogen and oxygen atoms in total. The lowest BCUT2D eigenvalue weighted by atomic mass is 10.1. The molecule has 1 aromatic carbocycles. The summed E-state index contributed by atoms with van der Waals surface area (Å²) in [6.07, 6.45) is 4.79. The summed E-state index contributed by atoms with van der Waals surface area (Å²) >= 11 is 0. The van der Waals surface area contributed by atoms with Crippen LogP contribution >= 0.6 is 0 Å². The van der Waals surface area contributed by atoms with Crippen molar-refractivity contribution in [1.29, 1.82) is 0 Å². The zero-order valence-electron chi connectivity index (χ0n) is 15.2. The van der Waals surface area contributed by atoms with Gasteiger partial charge in [-0.2, -0.15) is 5.10 Å². The molecule has 26 heavy (non-hydrogen) atoms. The summed E-state index contributed by atoms with van der Waals surface area (Å²) in [5.74, 6) is 0.163. The molecular formula is C19H24N4O3. The van der Waals surface area contributed by atoms with Crippen LogP contribution < -0.4 is 20.5 Å². The van der Waals surface area contributed by atoms with Crippen LogP contribution in [-0.4, -0.2) is 35.9 Å². The van der Waals surface area contributed by atoms with Crippen molar-refractivity contribution in [2.24, 2.45) is 0 Å². The van der Waals surface area contributed by atoms with Gasteiger partial charge >= 0.3 is 0 Å². The van der Waals surface area contributed by atoms with E-state index in [9.17, 15) is 9.59 Å². The number of anilines is 2. The van der Waals surface area contributed by atoms with Crippen molar-refractivity contribution >= 4 is 17.3 Å². The van der Waals surface area contributed by atoms with E-state index in [4.69, 9.17) is 4.74 Å². The first-order valence-corrected chi connectivity index (χ1v) is 8.95. The van der Waals surface area contributed by atoms with Crippen molar-refractivity contribution in [3.63, 3.8) is 0 Å². The van der Waals surface area contributed by atoms with Gasteiger partial charge in [0.2, 0.25) is 0 Å². The van der Waals surface area contributed by atoms with E-state index in [1.165, 1.54) is 11.8 Å². The van der Waals surface area contributed by atoms with Crippen LogP contribution in [0.25, 0.3) is 0 Å². The topological polar surface area (TPSA) is 76.5 Å². The van der Waals surface area contributed by atoms with Crippen LogP contribution in [0.5, 0.6) is 5.75 Å². The summed E-state index contributed by atoms with van der Waals surface area (Å²) in [7, 11) is 1.52. The Morgan fingerprint density at radius 1 is 1.23 bits per heavy atom. The van der Waals surface area contributed by atoms with Gasteiger partial charge in [-0.1, -0.05) is 12.1 Å². The van der Waals surface area contributed by atoms with Gasteiger partial charge in [0, 0.05) is 19.6 Å². The van der Waals surface area contributed by atoms with Gasteiger partial charge in [0.1, 0.15) is 11.4 Å². The number of aryl methyl sites for hydroxylation is 1. The number of amides is 1. The van der Waals surface area contributed by atoms with Crippen molar-refractivity contribution < 1.29 is 9.53 Å². The molecule has 1 N–H and O–H groups in total. The van der Waals surface area contributed by atoms with E-state index in [1.807, 2.05) is 6.92 Å². The zero-order valence-corrected chi connectivity index (χ0v) is 15.2. The summed E-state index contributed by atoms with van der Waals surface area (Å²) < 4.78 is 6.68. The van der Waals surface area contributed by atoms with E-state index in [2.05, 4.69) is 15.3 Å². The first-order chi connectivity index (χ1) is 12.7. The van der Waals surface area contributed by atoms with Crippen LogP contribution in [0, 0.1) is 0 Å². The number of carbonyl (C=O) groups is 1. The first-order valence-electron chi connectivity index (χ1n) is 8.95. The van der Waals surface area contributed by atoms with E-state index in [0.717, 1.165) is 32.4 Å². The van der Waals surface area contributed by atoms with Gasteiger partial charge in [-0.15, -0.1) is 0 Å². The normalized spacial score (nSPS) is 14.2. The number of methoxy groups -OCH3 is 1. The molecule has 1 saturated heterocycles. The number of nitrogens with zero attached hydrogens (tertiary/aromatic N) is 3. The highest BCUT2D eigenvalue weighted by Crippen LogP contribution is 2.26. The fraction of sp³-hybridized carbons (Fsp3) is 0.421. The van der Waals surface area contributed by atoms with Crippen molar-refractivity contribution in [2.45, 2.75) is 32.7 Å². The van der Waals surface area contributed by atoms with Crippen LogP contribution in [0.15, 0.2) is 35.3 Å². The molecule has 3 rings (SSSR count). The summed E-state index contributed by atoms with van der Waals surface area (Å²) in [6.45, 7) is 3.98. The number of aromatic nitrogens is 2. The van der Waals surface area contributed by atoms with Gasteiger partial charge in [-0.3, -0.25) is 9.59 Å². The second kappa shape index (κ2) is 8.03. The molecule has 0 saturated carbocycles. The molecule has 0 unspecified atom stereocenters. The molecule has 1 aromatic heterocycles. The predicted octanol–water partition coefficient (Wildman–Crippen LogP) is 2.51. The van der Waals surface area contributed by atoms with Gasteiger partial charge in [0.05, 0.1) is 24.6 Å². The third-order valence-electron chi connectivity index (χ3n) is 4.59. The number of piperidine rings is 1. The number of carbonyl (C=O) groups excluding carboxylic acids is 1. The van der Waals surface area contributed by atoms with E-state index in [0.29, 0.717) is 29.2 Å². The quantitative estimate of drug-likeness (QED) is 0.891. The van der Waals surface area contributed by atoms with Crippen molar-refractivity contribution in [3.05, 3.63) is 46.4 Å². The summed E-state index contributed by atoms with van der Waals surface area (Å²) in [6, 6.07) is 7.00. The minimum atomic E-state index is -0.323. The Bertz CT molecular complexity index is 841. The Labute approximate surface area is 152 Å². The third kappa shape index (κ3) is 3.56. The van der Waals surface area contributed by atoms with Gasteiger partial charge in [-0.05, 0) is 38.3 Å². The van der Waals surface area contributed by atoms with Crippen LogP contribution in [0.1, 0.15) is 36.5 Å². The second-order valence-electron chi connectivity index (χ2n) is 6.23. The highest BCUT2D eigenvalue weighted by atomic mass is 16.5. The first kappa shape index (κ1) is 18.0. The lowest BCUT2D eigenvalue weighted by molar-refractivity contribution is 0.102. The average Bonchev–Trinajstić information content (AvgIpc) is 2.69. The molecule has 2 heterocycles. The maximum Gasteiger partial charge on any atom is 0.292 e. The van der Waals surface area contributed by atoms with Crippen LogP contribution in [0.4, 0.5) is 11.4 Å². The Morgan fingerprint density at radius 3 is 2.65 bits per heavy atom. The predicted molar refractivity (Wildman–Crippen MR) is 101 cm³/mol. The van der Waals surface area contributed by atoms with Crippen molar-refractivity contribution in [2.75, 3.05) is 30.4 Å². The molecule has 0 spiro atoms. The van der Waals surface area contributed by atoms with Crippen LogP contribution in [0.3, 0.4) is 0 Å². The number of hydrogen-bond acceptors (Lipinski definition) is 5. The second-order valence-corrected chi connectivity index (χ2v) is 6.23. The molecule has 1 aliphatic heterocycles. The van der Waals surface area contributed by atoms with E-state index in [1.54, 1.807) is 30.5 Å². The third-order valence-corrected chi connectivity index (χ3v) is 4.59. The average molecular weight is 356 g/mol. The molecule has 2 aromatic rings.